The van der Waals surface area contributed by atoms with E-state index in [9.17, 15) is 9.59 Å². The SMILES string of the molecule is CCCCCNc1nc2ccc(C)cn2c(=O)c1C=C1SC(=S)N(CCOC)C1=O. The molecule has 0 radical (unpaired) electrons. The third-order valence-electron chi connectivity index (χ3n) is 4.75. The van der Waals surface area contributed by atoms with Crippen molar-refractivity contribution in [1.82, 2.24) is 14.3 Å². The van der Waals surface area contributed by atoms with E-state index < -0.39 is 0 Å². The first kappa shape index (κ1) is 22.5. The van der Waals surface area contributed by atoms with Crippen molar-refractivity contribution in [3.05, 3.63) is 44.7 Å². The number of thioether (sulfide) groups is 1. The quantitative estimate of drug-likeness (QED) is 0.359. The van der Waals surface area contributed by atoms with Crippen LogP contribution in [0.5, 0.6) is 0 Å². The number of nitrogens with zero attached hydrogens (tertiary/aromatic N) is 3. The normalized spacial score (nSPS) is 15.6. The molecule has 2 aromatic rings. The predicted octanol–water partition coefficient (Wildman–Crippen LogP) is 3.45. The van der Waals surface area contributed by atoms with Crippen LogP contribution in [0.15, 0.2) is 28.0 Å². The fourth-order valence-electron chi connectivity index (χ4n) is 3.11. The summed E-state index contributed by atoms with van der Waals surface area (Å²) < 4.78 is 7.04. The largest absolute Gasteiger partial charge is 0.383 e. The summed E-state index contributed by atoms with van der Waals surface area (Å²) in [6.45, 7) is 5.54. The highest BCUT2D eigenvalue weighted by atomic mass is 32.2. The van der Waals surface area contributed by atoms with Crippen LogP contribution in [0.4, 0.5) is 5.82 Å². The number of hydrogen-bond donors (Lipinski definition) is 1. The summed E-state index contributed by atoms with van der Waals surface area (Å²) in [4.78, 5) is 32.6. The lowest BCUT2D eigenvalue weighted by molar-refractivity contribution is -0.122. The molecule has 1 amide bonds. The number of thiocarbonyl (C=S) groups is 1. The van der Waals surface area contributed by atoms with Gasteiger partial charge in [-0.15, -0.1) is 0 Å². The molecule has 0 spiro atoms. The summed E-state index contributed by atoms with van der Waals surface area (Å²) in [6.07, 6.45) is 6.53. The minimum atomic E-state index is -0.219. The number of amides is 1. The van der Waals surface area contributed by atoms with Gasteiger partial charge in [-0.3, -0.25) is 18.9 Å². The highest BCUT2D eigenvalue weighted by Gasteiger charge is 2.32. The molecule has 1 fully saturated rings. The van der Waals surface area contributed by atoms with Crippen LogP contribution >= 0.6 is 24.0 Å². The molecular weight excluding hydrogens is 420 g/mol. The van der Waals surface area contributed by atoms with Crippen molar-refractivity contribution < 1.29 is 9.53 Å². The van der Waals surface area contributed by atoms with E-state index in [1.165, 1.54) is 21.1 Å². The lowest BCUT2D eigenvalue weighted by atomic mass is 10.2. The van der Waals surface area contributed by atoms with Gasteiger partial charge in [0.2, 0.25) is 0 Å². The van der Waals surface area contributed by atoms with Crippen LogP contribution in [0.1, 0.15) is 37.3 Å². The minimum absolute atomic E-state index is 0.215. The number of rotatable bonds is 9. The highest BCUT2D eigenvalue weighted by molar-refractivity contribution is 8.26. The van der Waals surface area contributed by atoms with Crippen LogP contribution in [0.25, 0.3) is 11.7 Å². The summed E-state index contributed by atoms with van der Waals surface area (Å²) in [6, 6.07) is 3.74. The molecular formula is C21H26N4O3S2. The third-order valence-corrected chi connectivity index (χ3v) is 6.12. The number of carbonyl (C=O) groups excluding carboxylic acids is 1. The topological polar surface area (TPSA) is 75.9 Å². The van der Waals surface area contributed by atoms with Gasteiger partial charge in [-0.1, -0.05) is 49.8 Å². The van der Waals surface area contributed by atoms with Crippen LogP contribution in [0, 0.1) is 6.92 Å². The Kier molecular flexibility index (Phi) is 7.63. The Balaban J connectivity index is 2.03. The van der Waals surface area contributed by atoms with Gasteiger partial charge in [0.05, 0.1) is 23.6 Å². The molecule has 7 nitrogen and oxygen atoms in total. The summed E-state index contributed by atoms with van der Waals surface area (Å²) in [5.41, 5.74) is 1.66. The van der Waals surface area contributed by atoms with E-state index >= 15 is 0 Å². The number of hydrogen-bond acceptors (Lipinski definition) is 7. The summed E-state index contributed by atoms with van der Waals surface area (Å²) in [7, 11) is 1.58. The number of ether oxygens (including phenoxy) is 1. The van der Waals surface area contributed by atoms with Gasteiger partial charge in [-0.25, -0.2) is 4.98 Å². The van der Waals surface area contributed by atoms with Gasteiger partial charge in [-0.2, -0.15) is 0 Å². The number of carbonyl (C=O) groups is 1. The molecule has 0 unspecified atom stereocenters. The number of aryl methyl sites for hydroxylation is 1. The van der Waals surface area contributed by atoms with E-state index in [1.807, 2.05) is 19.1 Å². The number of unbranched alkanes of at least 4 members (excludes halogenated alkanes) is 2. The van der Waals surface area contributed by atoms with Gasteiger partial charge >= 0.3 is 0 Å². The maximum atomic E-state index is 13.3. The number of fused-ring (bicyclic) bond motifs is 1. The van der Waals surface area contributed by atoms with Crippen LogP contribution in [-0.2, 0) is 9.53 Å². The van der Waals surface area contributed by atoms with Crippen LogP contribution in [0.3, 0.4) is 0 Å². The van der Waals surface area contributed by atoms with E-state index in [2.05, 4.69) is 17.2 Å². The van der Waals surface area contributed by atoms with E-state index in [4.69, 9.17) is 17.0 Å². The van der Waals surface area contributed by atoms with Gasteiger partial charge in [0.1, 0.15) is 15.8 Å². The first-order chi connectivity index (χ1) is 14.5. The zero-order chi connectivity index (χ0) is 21.7. The van der Waals surface area contributed by atoms with Gasteiger partial charge in [0.25, 0.3) is 11.5 Å². The molecule has 160 valence electrons. The van der Waals surface area contributed by atoms with Crippen molar-refractivity contribution in [1.29, 1.82) is 0 Å². The number of methoxy groups -OCH3 is 1. The first-order valence-electron chi connectivity index (χ1n) is 9.97. The monoisotopic (exact) mass is 446 g/mol. The minimum Gasteiger partial charge on any atom is -0.383 e. The van der Waals surface area contributed by atoms with Crippen molar-refractivity contribution in [2.24, 2.45) is 0 Å². The fourth-order valence-corrected chi connectivity index (χ4v) is 4.40. The molecule has 0 saturated carbocycles. The molecule has 3 heterocycles. The second-order valence-corrected chi connectivity index (χ2v) is 8.75. The highest BCUT2D eigenvalue weighted by Crippen LogP contribution is 2.32. The van der Waals surface area contributed by atoms with Crippen molar-refractivity contribution >= 4 is 51.7 Å². The lowest BCUT2D eigenvalue weighted by Crippen LogP contribution is -2.31. The van der Waals surface area contributed by atoms with E-state index in [0.717, 1.165) is 24.8 Å². The third kappa shape index (κ3) is 4.91. The Morgan fingerprint density at radius 2 is 2.10 bits per heavy atom. The molecule has 9 heteroatoms. The second kappa shape index (κ2) is 10.2. The van der Waals surface area contributed by atoms with Gasteiger partial charge in [0.15, 0.2) is 0 Å². The Bertz CT molecular complexity index is 1050. The summed E-state index contributed by atoms with van der Waals surface area (Å²) in [5.74, 6) is 0.273. The maximum Gasteiger partial charge on any atom is 0.267 e. The predicted molar refractivity (Wildman–Crippen MR) is 126 cm³/mol. The van der Waals surface area contributed by atoms with E-state index in [0.29, 0.717) is 46.0 Å². The Morgan fingerprint density at radius 1 is 1.30 bits per heavy atom. The molecule has 0 aromatic carbocycles. The molecule has 0 aliphatic carbocycles. The molecule has 0 bridgehead atoms. The average molecular weight is 447 g/mol. The Morgan fingerprint density at radius 3 is 2.83 bits per heavy atom. The van der Waals surface area contributed by atoms with Gasteiger partial charge in [-0.05, 0) is 31.1 Å². The molecule has 0 atom stereocenters. The fraction of sp³-hybridized carbons (Fsp3) is 0.429. The molecule has 1 N–H and O–H groups in total. The van der Waals surface area contributed by atoms with Crippen LogP contribution < -0.4 is 10.9 Å². The maximum absolute atomic E-state index is 13.3. The van der Waals surface area contributed by atoms with E-state index in [1.54, 1.807) is 19.4 Å². The molecule has 30 heavy (non-hydrogen) atoms. The lowest BCUT2D eigenvalue weighted by Gasteiger charge is -2.13. The smallest absolute Gasteiger partial charge is 0.267 e. The number of pyridine rings is 1. The summed E-state index contributed by atoms with van der Waals surface area (Å²) >= 11 is 6.53. The Hall–Kier alpha value is -2.23. The number of nitrogens with one attached hydrogen (secondary N) is 1. The standard InChI is InChI=1S/C21H26N4O3S2/c1-4-5-6-9-22-18-15(19(26)25-13-14(2)7-8-17(25)23-18)12-16-20(27)24(10-11-28-3)21(29)30-16/h7-8,12-13,22H,4-6,9-11H2,1-3H3. The zero-order valence-electron chi connectivity index (χ0n) is 17.4. The average Bonchev–Trinajstić information content (AvgIpc) is 2.99. The molecule has 1 aliphatic rings. The van der Waals surface area contributed by atoms with E-state index in [-0.39, 0.29) is 11.5 Å². The summed E-state index contributed by atoms with van der Waals surface area (Å²) in [5, 5.41) is 3.29. The van der Waals surface area contributed by atoms with Crippen molar-refractivity contribution in [3.63, 3.8) is 0 Å². The second-order valence-electron chi connectivity index (χ2n) is 7.07. The van der Waals surface area contributed by atoms with Crippen molar-refractivity contribution in [3.8, 4) is 0 Å². The van der Waals surface area contributed by atoms with Crippen LogP contribution in [-0.4, -0.2) is 51.3 Å². The molecule has 3 rings (SSSR count). The van der Waals surface area contributed by atoms with Gasteiger partial charge in [0, 0.05) is 19.9 Å². The first-order valence-corrected chi connectivity index (χ1v) is 11.2. The molecule has 1 saturated heterocycles. The number of anilines is 1. The van der Waals surface area contributed by atoms with Crippen molar-refractivity contribution in [2.45, 2.75) is 33.1 Å². The number of aromatic nitrogens is 2. The Labute approximate surface area is 185 Å². The van der Waals surface area contributed by atoms with Crippen LogP contribution in [0.2, 0.25) is 0 Å². The van der Waals surface area contributed by atoms with Gasteiger partial charge < -0.3 is 10.1 Å². The van der Waals surface area contributed by atoms with Crippen molar-refractivity contribution in [2.75, 3.05) is 32.1 Å². The molecule has 1 aliphatic heterocycles. The molecule has 2 aromatic heterocycles. The zero-order valence-corrected chi connectivity index (χ0v) is 19.1.